The fourth-order valence-electron chi connectivity index (χ4n) is 8.87. The van der Waals surface area contributed by atoms with Crippen molar-refractivity contribution in [3.8, 4) is 0 Å². The molecule has 3 atom stereocenters. The van der Waals surface area contributed by atoms with Crippen LogP contribution in [-0.4, -0.2) is 46.1 Å². The van der Waals surface area contributed by atoms with Gasteiger partial charge >= 0.3 is 0 Å². The van der Waals surface area contributed by atoms with Gasteiger partial charge in [0.2, 0.25) is 5.91 Å². The van der Waals surface area contributed by atoms with Crippen molar-refractivity contribution in [1.29, 1.82) is 0 Å². The molecule has 0 fully saturated rings. The maximum absolute atomic E-state index is 12.5. The summed E-state index contributed by atoms with van der Waals surface area (Å²) in [6.45, 7) is 4.25. The molecule has 1 amide bonds. The molecular formula is C55H109NO4. The second kappa shape index (κ2) is 50.7. The van der Waals surface area contributed by atoms with Crippen molar-refractivity contribution in [1.82, 2.24) is 5.32 Å². The number of carbonyl (C=O) groups is 1. The zero-order chi connectivity index (χ0) is 43.7. The number of allylic oxidation sites excluding steroid dienone is 1. The van der Waals surface area contributed by atoms with Crippen molar-refractivity contribution in [3.05, 3.63) is 12.2 Å². The highest BCUT2D eigenvalue weighted by Gasteiger charge is 2.20. The van der Waals surface area contributed by atoms with Gasteiger partial charge < -0.3 is 20.6 Å². The van der Waals surface area contributed by atoms with E-state index in [2.05, 4.69) is 19.2 Å². The summed E-state index contributed by atoms with van der Waals surface area (Å²) in [6, 6.07) is -0.740. The molecule has 0 saturated carbocycles. The minimum atomic E-state index is -0.925. The zero-order valence-electron chi connectivity index (χ0n) is 40.9. The second-order valence-corrected chi connectivity index (χ2v) is 19.2. The quantitative estimate of drug-likeness (QED) is 0.0363. The van der Waals surface area contributed by atoms with Crippen molar-refractivity contribution in [2.45, 2.75) is 327 Å². The number of hydrogen-bond donors (Lipinski definition) is 4. The average Bonchev–Trinajstić information content (AvgIpc) is 3.24. The molecule has 3 unspecified atom stereocenters. The summed E-state index contributed by atoms with van der Waals surface area (Å²) < 4.78 is 0. The van der Waals surface area contributed by atoms with Crippen LogP contribution in [0.15, 0.2) is 12.2 Å². The predicted molar refractivity (Wildman–Crippen MR) is 264 cm³/mol. The van der Waals surface area contributed by atoms with Crippen LogP contribution in [0.4, 0.5) is 0 Å². The molecule has 0 radical (unpaired) electrons. The largest absolute Gasteiger partial charge is 0.394 e. The summed E-state index contributed by atoms with van der Waals surface area (Å²) in [4.78, 5) is 12.5. The molecule has 0 heterocycles. The van der Waals surface area contributed by atoms with Crippen molar-refractivity contribution in [2.24, 2.45) is 0 Å². The van der Waals surface area contributed by atoms with Gasteiger partial charge in [0.1, 0.15) is 0 Å². The second-order valence-electron chi connectivity index (χ2n) is 19.2. The lowest BCUT2D eigenvalue weighted by Crippen LogP contribution is -2.45. The van der Waals surface area contributed by atoms with Gasteiger partial charge in [-0.15, -0.1) is 0 Å². The lowest BCUT2D eigenvalue weighted by atomic mass is 10.0. The maximum Gasteiger partial charge on any atom is 0.222 e. The van der Waals surface area contributed by atoms with E-state index in [0.29, 0.717) is 6.42 Å². The summed E-state index contributed by atoms with van der Waals surface area (Å²) in [7, 11) is 0. The Morgan fingerprint density at radius 1 is 0.417 bits per heavy atom. The molecule has 0 aromatic rings. The molecule has 5 heteroatoms. The van der Waals surface area contributed by atoms with Gasteiger partial charge in [0.15, 0.2) is 0 Å². The van der Waals surface area contributed by atoms with Gasteiger partial charge in [-0.2, -0.15) is 0 Å². The van der Waals surface area contributed by atoms with Crippen LogP contribution in [0.5, 0.6) is 0 Å². The van der Waals surface area contributed by atoms with Crippen LogP contribution in [0, 0.1) is 0 Å². The van der Waals surface area contributed by atoms with Gasteiger partial charge in [-0.1, -0.05) is 296 Å². The Balaban J connectivity index is 3.53. The van der Waals surface area contributed by atoms with Gasteiger partial charge in [0, 0.05) is 0 Å². The number of unbranched alkanes of at least 4 members (excludes halogenated alkanes) is 42. The van der Waals surface area contributed by atoms with Crippen LogP contribution in [0.1, 0.15) is 309 Å². The van der Waals surface area contributed by atoms with E-state index in [-0.39, 0.29) is 18.9 Å². The molecular weight excluding hydrogens is 739 g/mol. The molecule has 5 nitrogen and oxygen atoms in total. The Morgan fingerprint density at radius 3 is 0.967 bits per heavy atom. The van der Waals surface area contributed by atoms with E-state index in [9.17, 15) is 20.1 Å². The van der Waals surface area contributed by atoms with Gasteiger partial charge in [-0.25, -0.2) is 0 Å². The molecule has 0 rings (SSSR count). The van der Waals surface area contributed by atoms with Crippen LogP contribution in [0.2, 0.25) is 0 Å². The molecule has 0 aliphatic heterocycles. The first-order valence-electron chi connectivity index (χ1n) is 27.5. The molecule has 0 bridgehead atoms. The SMILES string of the molecule is CCCCCCCCCCCCCCCCCCC/C=C/C(O)C(CO)NC(=O)CC(O)CCCCCCCCCCCCCCCCCCCCCCCCCCCC. The molecule has 4 N–H and O–H groups in total. The summed E-state index contributed by atoms with van der Waals surface area (Å²) in [5, 5.41) is 33.4. The first kappa shape index (κ1) is 59.1. The van der Waals surface area contributed by atoms with Gasteiger partial charge in [0.25, 0.3) is 0 Å². The molecule has 0 saturated heterocycles. The number of aliphatic hydroxyl groups excluding tert-OH is 3. The molecule has 358 valence electrons. The number of carbonyl (C=O) groups excluding carboxylic acids is 1. The van der Waals surface area contributed by atoms with E-state index in [1.54, 1.807) is 6.08 Å². The molecule has 0 spiro atoms. The third kappa shape index (κ3) is 46.6. The Kier molecular flexibility index (Phi) is 50.0. The number of nitrogens with one attached hydrogen (secondary N) is 1. The summed E-state index contributed by atoms with van der Waals surface area (Å²) in [5.74, 6) is -0.308. The molecule has 0 aliphatic carbocycles. The normalized spacial score (nSPS) is 13.3. The van der Waals surface area contributed by atoms with E-state index in [0.717, 1.165) is 25.7 Å². The number of aliphatic hydroxyl groups is 3. The van der Waals surface area contributed by atoms with Crippen molar-refractivity contribution in [3.63, 3.8) is 0 Å². The average molecular weight is 848 g/mol. The van der Waals surface area contributed by atoms with Gasteiger partial charge in [0.05, 0.1) is 31.3 Å². The van der Waals surface area contributed by atoms with Crippen molar-refractivity contribution >= 4 is 5.91 Å². The third-order valence-electron chi connectivity index (χ3n) is 13.1. The molecule has 0 aliphatic rings. The van der Waals surface area contributed by atoms with Crippen LogP contribution in [0.25, 0.3) is 0 Å². The Hall–Kier alpha value is -0.910. The highest BCUT2D eigenvalue weighted by Crippen LogP contribution is 2.18. The first-order chi connectivity index (χ1) is 29.5. The van der Waals surface area contributed by atoms with Crippen LogP contribution in [-0.2, 0) is 4.79 Å². The highest BCUT2D eigenvalue weighted by molar-refractivity contribution is 5.76. The van der Waals surface area contributed by atoms with Crippen molar-refractivity contribution in [2.75, 3.05) is 6.61 Å². The monoisotopic (exact) mass is 848 g/mol. The Morgan fingerprint density at radius 2 is 0.683 bits per heavy atom. The summed E-state index contributed by atoms with van der Waals surface area (Å²) in [6.07, 6.45) is 62.5. The fraction of sp³-hybridized carbons (Fsp3) is 0.945. The number of hydrogen-bond acceptors (Lipinski definition) is 4. The molecule has 60 heavy (non-hydrogen) atoms. The smallest absolute Gasteiger partial charge is 0.222 e. The lowest BCUT2D eigenvalue weighted by molar-refractivity contribution is -0.124. The van der Waals surface area contributed by atoms with Crippen LogP contribution >= 0.6 is 0 Å². The van der Waals surface area contributed by atoms with Crippen LogP contribution < -0.4 is 5.32 Å². The minimum Gasteiger partial charge on any atom is -0.394 e. The van der Waals surface area contributed by atoms with E-state index < -0.39 is 18.2 Å². The first-order valence-corrected chi connectivity index (χ1v) is 27.5. The topological polar surface area (TPSA) is 89.8 Å². The molecule has 0 aromatic heterocycles. The zero-order valence-corrected chi connectivity index (χ0v) is 40.9. The van der Waals surface area contributed by atoms with E-state index in [1.807, 2.05) is 6.08 Å². The Bertz CT molecular complexity index is 848. The lowest BCUT2D eigenvalue weighted by Gasteiger charge is -2.21. The third-order valence-corrected chi connectivity index (χ3v) is 13.1. The Labute approximate surface area is 376 Å². The number of rotatable bonds is 51. The minimum absolute atomic E-state index is 0.0195. The van der Waals surface area contributed by atoms with E-state index in [4.69, 9.17) is 0 Å². The highest BCUT2D eigenvalue weighted by atomic mass is 16.3. The van der Waals surface area contributed by atoms with E-state index >= 15 is 0 Å². The maximum atomic E-state index is 12.5. The van der Waals surface area contributed by atoms with Gasteiger partial charge in [-0.05, 0) is 19.3 Å². The summed E-state index contributed by atoms with van der Waals surface area (Å²) in [5.41, 5.74) is 0. The van der Waals surface area contributed by atoms with Crippen LogP contribution in [0.3, 0.4) is 0 Å². The van der Waals surface area contributed by atoms with E-state index in [1.165, 1.54) is 257 Å². The number of amides is 1. The summed E-state index contributed by atoms with van der Waals surface area (Å²) >= 11 is 0. The van der Waals surface area contributed by atoms with Crippen molar-refractivity contribution < 1.29 is 20.1 Å². The predicted octanol–water partition coefficient (Wildman–Crippen LogP) is 16.7. The standard InChI is InChI=1S/C55H109NO4/c1-3-5-7-9-11-13-15-17-19-21-23-24-25-26-27-28-29-31-32-34-36-38-40-42-44-46-48-52(58)50-55(60)56-53(51-57)54(59)49-47-45-43-41-39-37-35-33-30-22-20-18-16-14-12-10-8-6-4-2/h47,49,52-54,57-59H,3-46,48,50-51H2,1-2H3,(H,56,60)/b49-47+. The molecule has 0 aromatic carbocycles. The van der Waals surface area contributed by atoms with Gasteiger partial charge in [-0.3, -0.25) is 4.79 Å². The fourth-order valence-corrected chi connectivity index (χ4v) is 8.87.